The van der Waals surface area contributed by atoms with E-state index in [0.717, 1.165) is 28.3 Å². The maximum atomic E-state index is 12.1. The Balaban J connectivity index is 1.39. The molecule has 31 heavy (non-hydrogen) atoms. The number of rotatable bonds is 6. The van der Waals surface area contributed by atoms with E-state index in [4.69, 9.17) is 32.7 Å². The number of ether oxygens (including phenoxy) is 2. The van der Waals surface area contributed by atoms with Crippen molar-refractivity contribution in [3.05, 3.63) is 69.5 Å². The van der Waals surface area contributed by atoms with E-state index < -0.39 is 0 Å². The Labute approximate surface area is 189 Å². The van der Waals surface area contributed by atoms with Gasteiger partial charge in [0, 0.05) is 33.7 Å². The fourth-order valence-electron chi connectivity index (χ4n) is 3.35. The molecule has 0 aliphatic carbocycles. The lowest BCUT2D eigenvalue weighted by Gasteiger charge is -2.12. The average molecular weight is 459 g/mol. The van der Waals surface area contributed by atoms with Crippen LogP contribution in [0.3, 0.4) is 0 Å². The Morgan fingerprint density at radius 3 is 2.77 bits per heavy atom. The molecule has 2 heterocycles. The molecule has 0 bridgehead atoms. The number of halogens is 2. The van der Waals surface area contributed by atoms with Crippen LogP contribution in [0.4, 0.5) is 5.69 Å². The molecule has 1 aromatic heterocycles. The third-order valence-electron chi connectivity index (χ3n) is 4.84. The normalized spacial score (nSPS) is 12.4. The summed E-state index contributed by atoms with van der Waals surface area (Å²) in [6.07, 6.45) is 1.61. The van der Waals surface area contributed by atoms with Crippen LogP contribution in [0.25, 0.3) is 5.69 Å². The van der Waals surface area contributed by atoms with Crippen LogP contribution in [-0.4, -0.2) is 30.0 Å². The first-order chi connectivity index (χ1) is 14.9. The van der Waals surface area contributed by atoms with E-state index >= 15 is 0 Å². The van der Waals surface area contributed by atoms with Gasteiger partial charge in [-0.3, -0.25) is 4.79 Å². The Hall–Kier alpha value is -3.16. The molecule has 0 saturated carbocycles. The number of aromatic nitrogens is 1. The average Bonchev–Trinajstić information content (AvgIpc) is 3.32. The zero-order valence-electron chi connectivity index (χ0n) is 16.9. The summed E-state index contributed by atoms with van der Waals surface area (Å²) in [6.45, 7) is 4.19. The lowest BCUT2D eigenvalue weighted by atomic mass is 10.2. The maximum absolute atomic E-state index is 12.1. The van der Waals surface area contributed by atoms with Gasteiger partial charge in [-0.05, 0) is 50.2 Å². The van der Waals surface area contributed by atoms with Crippen LogP contribution in [-0.2, 0) is 4.79 Å². The predicted molar refractivity (Wildman–Crippen MR) is 122 cm³/mol. The molecule has 3 aromatic rings. The van der Waals surface area contributed by atoms with Crippen molar-refractivity contribution in [3.8, 4) is 17.2 Å². The molecule has 160 valence electrons. The van der Waals surface area contributed by atoms with Crippen LogP contribution < -0.4 is 20.2 Å². The van der Waals surface area contributed by atoms with Gasteiger partial charge in [0.25, 0.3) is 5.91 Å². The zero-order valence-corrected chi connectivity index (χ0v) is 18.4. The molecule has 0 unspecified atom stereocenters. The fourth-order valence-corrected chi connectivity index (χ4v) is 3.72. The summed E-state index contributed by atoms with van der Waals surface area (Å²) in [5.41, 5.74) is 6.83. The quantitative estimate of drug-likeness (QED) is 0.414. The Kier molecular flexibility index (Phi) is 6.06. The van der Waals surface area contributed by atoms with Crippen molar-refractivity contribution < 1.29 is 14.3 Å². The number of carbonyl (C=O) groups excluding carboxylic acids is 1. The molecule has 0 fully saturated rings. The number of hydrazone groups is 1. The van der Waals surface area contributed by atoms with E-state index in [0.29, 0.717) is 21.5 Å². The first-order valence-electron chi connectivity index (χ1n) is 9.52. The zero-order chi connectivity index (χ0) is 22.0. The highest BCUT2D eigenvalue weighted by Crippen LogP contribution is 2.34. The summed E-state index contributed by atoms with van der Waals surface area (Å²) in [7, 11) is 0. The molecule has 1 aliphatic heterocycles. The molecule has 9 heteroatoms. The molecule has 0 spiro atoms. The van der Waals surface area contributed by atoms with Crippen molar-refractivity contribution in [2.75, 3.05) is 18.7 Å². The van der Waals surface area contributed by atoms with E-state index in [1.807, 2.05) is 36.6 Å². The van der Waals surface area contributed by atoms with Gasteiger partial charge in [-0.2, -0.15) is 5.10 Å². The topological polar surface area (TPSA) is 76.9 Å². The minimum Gasteiger partial charge on any atom is -0.454 e. The van der Waals surface area contributed by atoms with E-state index in [9.17, 15) is 4.79 Å². The first kappa shape index (κ1) is 21.1. The molecule has 0 radical (unpaired) electrons. The second-order valence-electron chi connectivity index (χ2n) is 6.97. The van der Waals surface area contributed by atoms with E-state index in [1.54, 1.807) is 30.5 Å². The second kappa shape index (κ2) is 8.91. The maximum Gasteiger partial charge on any atom is 0.259 e. The number of nitrogens with zero attached hydrogens (tertiary/aromatic N) is 2. The monoisotopic (exact) mass is 458 g/mol. The summed E-state index contributed by atoms with van der Waals surface area (Å²) in [5, 5.41) is 8.30. The van der Waals surface area contributed by atoms with Crippen molar-refractivity contribution in [2.45, 2.75) is 13.8 Å². The minimum atomic E-state index is -0.277. The van der Waals surface area contributed by atoms with Gasteiger partial charge >= 0.3 is 0 Å². The number of aryl methyl sites for hydroxylation is 1. The molecule has 2 N–H and O–H groups in total. The summed E-state index contributed by atoms with van der Waals surface area (Å²) in [6, 6.07) is 12.7. The van der Waals surface area contributed by atoms with Crippen molar-refractivity contribution in [2.24, 2.45) is 5.10 Å². The third-order valence-corrected chi connectivity index (χ3v) is 5.39. The van der Waals surface area contributed by atoms with Gasteiger partial charge in [0.1, 0.15) is 0 Å². The SMILES string of the molecule is Cc1cc(/C=N\NC(=O)CNc2ccc3c(c2)OCO3)c(C)n1-c1cc(Cl)ccc1Cl. The van der Waals surface area contributed by atoms with Crippen LogP contribution in [0.1, 0.15) is 17.0 Å². The number of nitrogens with one attached hydrogen (secondary N) is 2. The van der Waals surface area contributed by atoms with Crippen molar-refractivity contribution in [1.82, 2.24) is 9.99 Å². The van der Waals surface area contributed by atoms with E-state index in [-0.39, 0.29) is 19.2 Å². The predicted octanol–water partition coefficient (Wildman–Crippen LogP) is 4.69. The lowest BCUT2D eigenvalue weighted by molar-refractivity contribution is -0.119. The summed E-state index contributed by atoms with van der Waals surface area (Å²) in [4.78, 5) is 12.1. The van der Waals surface area contributed by atoms with E-state index in [2.05, 4.69) is 15.8 Å². The highest BCUT2D eigenvalue weighted by molar-refractivity contribution is 6.34. The highest BCUT2D eigenvalue weighted by atomic mass is 35.5. The van der Waals surface area contributed by atoms with Crippen LogP contribution in [0.2, 0.25) is 10.0 Å². The largest absolute Gasteiger partial charge is 0.454 e. The molecule has 2 aromatic carbocycles. The van der Waals surface area contributed by atoms with Crippen LogP contribution >= 0.6 is 23.2 Å². The van der Waals surface area contributed by atoms with Crippen molar-refractivity contribution in [3.63, 3.8) is 0 Å². The van der Waals surface area contributed by atoms with Crippen molar-refractivity contribution >= 4 is 41.0 Å². The van der Waals surface area contributed by atoms with Gasteiger partial charge in [0.05, 0.1) is 23.5 Å². The summed E-state index contributed by atoms with van der Waals surface area (Å²) < 4.78 is 12.6. The number of carbonyl (C=O) groups is 1. The fraction of sp³-hybridized carbons (Fsp3) is 0.182. The number of anilines is 1. The minimum absolute atomic E-state index is 0.0636. The number of hydrogen-bond acceptors (Lipinski definition) is 5. The molecule has 0 saturated heterocycles. The smallest absolute Gasteiger partial charge is 0.259 e. The number of fused-ring (bicyclic) bond motifs is 1. The number of amides is 1. The lowest BCUT2D eigenvalue weighted by Crippen LogP contribution is -2.25. The van der Waals surface area contributed by atoms with Crippen LogP contribution in [0.15, 0.2) is 47.6 Å². The van der Waals surface area contributed by atoms with Crippen LogP contribution in [0, 0.1) is 13.8 Å². The Morgan fingerprint density at radius 2 is 1.94 bits per heavy atom. The van der Waals surface area contributed by atoms with E-state index in [1.165, 1.54) is 0 Å². The van der Waals surface area contributed by atoms with Crippen molar-refractivity contribution in [1.29, 1.82) is 0 Å². The van der Waals surface area contributed by atoms with Gasteiger partial charge in [-0.15, -0.1) is 0 Å². The molecular formula is C22H20Cl2N4O3. The molecule has 1 aliphatic rings. The number of benzene rings is 2. The van der Waals surface area contributed by atoms with Crippen LogP contribution in [0.5, 0.6) is 11.5 Å². The third kappa shape index (κ3) is 4.62. The van der Waals surface area contributed by atoms with Gasteiger partial charge in [0.15, 0.2) is 11.5 Å². The molecule has 7 nitrogen and oxygen atoms in total. The Bertz CT molecular complexity index is 1170. The highest BCUT2D eigenvalue weighted by Gasteiger charge is 2.14. The van der Waals surface area contributed by atoms with Gasteiger partial charge < -0.3 is 19.4 Å². The standard InChI is InChI=1S/C22H20Cl2N4O3/c1-13-7-15(14(2)28(13)19-8-16(23)3-5-18(19)24)10-26-27-22(29)11-25-17-4-6-20-21(9-17)31-12-30-20/h3-10,25H,11-12H2,1-2H3,(H,27,29)/b26-10-. The Morgan fingerprint density at radius 1 is 1.13 bits per heavy atom. The summed E-state index contributed by atoms with van der Waals surface area (Å²) >= 11 is 12.5. The molecular weight excluding hydrogens is 439 g/mol. The van der Waals surface area contributed by atoms with Gasteiger partial charge in [-0.1, -0.05) is 23.2 Å². The number of hydrogen-bond donors (Lipinski definition) is 2. The molecule has 0 atom stereocenters. The molecule has 4 rings (SSSR count). The van der Waals surface area contributed by atoms with Gasteiger partial charge in [-0.25, -0.2) is 5.43 Å². The summed E-state index contributed by atoms with van der Waals surface area (Å²) in [5.74, 6) is 1.07. The second-order valence-corrected chi connectivity index (χ2v) is 7.82. The first-order valence-corrected chi connectivity index (χ1v) is 10.3. The van der Waals surface area contributed by atoms with Gasteiger partial charge in [0.2, 0.25) is 6.79 Å². The molecule has 1 amide bonds.